The van der Waals surface area contributed by atoms with Crippen LogP contribution in [0.25, 0.3) is 0 Å². The van der Waals surface area contributed by atoms with Crippen molar-refractivity contribution in [3.05, 3.63) is 0 Å². The number of thioether (sulfide) groups is 1. The van der Waals surface area contributed by atoms with Crippen LogP contribution in [-0.2, 0) is 19.2 Å². The van der Waals surface area contributed by atoms with Gasteiger partial charge in [-0.2, -0.15) is 11.8 Å². The largest absolute Gasteiger partial charge is 0.481 e. The highest BCUT2D eigenvalue weighted by atomic mass is 32.2. The Bertz CT molecular complexity index is 491. The Labute approximate surface area is 156 Å². The molecule has 0 aliphatic heterocycles. The van der Waals surface area contributed by atoms with E-state index in [-0.39, 0.29) is 6.42 Å². The van der Waals surface area contributed by atoms with E-state index in [9.17, 15) is 19.2 Å². The topological polar surface area (TPSA) is 185 Å². The minimum Gasteiger partial charge on any atom is -0.481 e. The molecule has 2 amide bonds. The molecule has 0 fully saturated rings. The van der Waals surface area contributed by atoms with Crippen LogP contribution in [-0.4, -0.2) is 70.6 Å². The van der Waals surface area contributed by atoms with Crippen molar-refractivity contribution in [3.8, 4) is 0 Å². The number of unbranched alkanes of at least 4 members (excludes halogenated alkanes) is 1. The number of rotatable bonds is 14. The van der Waals surface area contributed by atoms with Crippen molar-refractivity contribution in [2.45, 2.75) is 50.2 Å². The summed E-state index contributed by atoms with van der Waals surface area (Å²) in [6.45, 7) is 0.463. The van der Waals surface area contributed by atoms with Gasteiger partial charge in [0.15, 0.2) is 0 Å². The van der Waals surface area contributed by atoms with E-state index in [1.807, 2.05) is 0 Å². The van der Waals surface area contributed by atoms with Crippen LogP contribution >= 0.6 is 11.8 Å². The molecule has 0 rings (SSSR count). The van der Waals surface area contributed by atoms with Crippen molar-refractivity contribution >= 4 is 35.5 Å². The molecule has 0 aliphatic rings. The Morgan fingerprint density at radius 2 is 1.62 bits per heavy atom. The SMILES string of the molecule is CSCCC(NC(=O)C(CC(=O)O)NC(=O)C(N)CCCCN)C(=O)O. The molecular weight excluding hydrogens is 364 g/mol. The van der Waals surface area contributed by atoms with E-state index in [1.165, 1.54) is 11.8 Å². The summed E-state index contributed by atoms with van der Waals surface area (Å²) in [5.74, 6) is -3.58. The lowest BCUT2D eigenvalue weighted by molar-refractivity contribution is -0.143. The molecule has 0 bridgehead atoms. The molecular formula is C15H28N4O6S. The van der Waals surface area contributed by atoms with Crippen molar-refractivity contribution < 1.29 is 29.4 Å². The summed E-state index contributed by atoms with van der Waals surface area (Å²) in [5, 5.41) is 22.6. The van der Waals surface area contributed by atoms with Gasteiger partial charge in [0, 0.05) is 0 Å². The van der Waals surface area contributed by atoms with Gasteiger partial charge in [0.05, 0.1) is 12.5 Å². The van der Waals surface area contributed by atoms with E-state index in [2.05, 4.69) is 10.6 Å². The molecule has 11 heteroatoms. The maximum atomic E-state index is 12.3. The lowest BCUT2D eigenvalue weighted by Crippen LogP contribution is -2.55. The molecule has 0 radical (unpaired) electrons. The highest BCUT2D eigenvalue weighted by Gasteiger charge is 2.29. The Morgan fingerprint density at radius 1 is 1.00 bits per heavy atom. The van der Waals surface area contributed by atoms with Gasteiger partial charge in [0.25, 0.3) is 0 Å². The van der Waals surface area contributed by atoms with Crippen LogP contribution in [0.4, 0.5) is 0 Å². The van der Waals surface area contributed by atoms with Gasteiger partial charge in [-0.1, -0.05) is 6.42 Å². The third kappa shape index (κ3) is 10.2. The summed E-state index contributed by atoms with van der Waals surface area (Å²) in [5.41, 5.74) is 11.1. The Balaban J connectivity index is 4.89. The van der Waals surface area contributed by atoms with Crippen LogP contribution in [0.3, 0.4) is 0 Å². The molecule has 10 nitrogen and oxygen atoms in total. The summed E-state index contributed by atoms with van der Waals surface area (Å²) < 4.78 is 0. The molecule has 150 valence electrons. The first-order chi connectivity index (χ1) is 12.2. The number of aliphatic carboxylic acids is 2. The number of carboxylic acids is 2. The molecule has 0 aromatic rings. The molecule has 0 aromatic carbocycles. The predicted molar refractivity (Wildman–Crippen MR) is 97.6 cm³/mol. The minimum absolute atomic E-state index is 0.175. The molecule has 0 heterocycles. The summed E-state index contributed by atoms with van der Waals surface area (Å²) in [7, 11) is 0. The van der Waals surface area contributed by atoms with Gasteiger partial charge in [0.1, 0.15) is 12.1 Å². The van der Waals surface area contributed by atoms with Crippen molar-refractivity contribution in [1.29, 1.82) is 0 Å². The lowest BCUT2D eigenvalue weighted by Gasteiger charge is -2.21. The van der Waals surface area contributed by atoms with E-state index in [0.717, 1.165) is 0 Å². The number of carbonyl (C=O) groups is 4. The summed E-state index contributed by atoms with van der Waals surface area (Å²) in [4.78, 5) is 46.5. The van der Waals surface area contributed by atoms with E-state index in [0.29, 0.717) is 31.6 Å². The van der Waals surface area contributed by atoms with Crippen molar-refractivity contribution in [2.75, 3.05) is 18.6 Å². The molecule has 26 heavy (non-hydrogen) atoms. The fourth-order valence-corrected chi connectivity index (χ4v) is 2.54. The average molecular weight is 392 g/mol. The van der Waals surface area contributed by atoms with Crippen LogP contribution in [0.15, 0.2) is 0 Å². The lowest BCUT2D eigenvalue weighted by atomic mass is 10.1. The number of amides is 2. The summed E-state index contributed by atoms with van der Waals surface area (Å²) in [6.07, 6.45) is 2.94. The quantitative estimate of drug-likeness (QED) is 0.196. The first-order valence-corrected chi connectivity index (χ1v) is 9.62. The minimum atomic E-state index is -1.41. The number of nitrogens with one attached hydrogen (secondary N) is 2. The number of carbonyl (C=O) groups excluding carboxylic acids is 2. The number of nitrogens with two attached hydrogens (primary N) is 2. The molecule has 0 saturated heterocycles. The highest BCUT2D eigenvalue weighted by Crippen LogP contribution is 2.04. The zero-order valence-corrected chi connectivity index (χ0v) is 15.6. The van der Waals surface area contributed by atoms with Gasteiger partial charge in [-0.3, -0.25) is 14.4 Å². The first-order valence-electron chi connectivity index (χ1n) is 8.22. The molecule has 0 spiro atoms. The average Bonchev–Trinajstić information content (AvgIpc) is 2.57. The van der Waals surface area contributed by atoms with E-state index >= 15 is 0 Å². The maximum Gasteiger partial charge on any atom is 0.326 e. The summed E-state index contributed by atoms with van der Waals surface area (Å²) in [6, 6.07) is -3.48. The third-order valence-electron chi connectivity index (χ3n) is 3.54. The second-order valence-corrected chi connectivity index (χ2v) is 6.72. The molecule has 0 aliphatic carbocycles. The number of carboxylic acid groups (broad SMARTS) is 2. The van der Waals surface area contributed by atoms with Crippen LogP contribution in [0, 0.1) is 0 Å². The smallest absolute Gasteiger partial charge is 0.326 e. The van der Waals surface area contributed by atoms with Gasteiger partial charge < -0.3 is 32.3 Å². The molecule has 3 unspecified atom stereocenters. The van der Waals surface area contributed by atoms with Gasteiger partial charge in [0.2, 0.25) is 11.8 Å². The Hall–Kier alpha value is -1.85. The van der Waals surface area contributed by atoms with Gasteiger partial charge >= 0.3 is 11.9 Å². The van der Waals surface area contributed by atoms with E-state index in [1.54, 1.807) is 6.26 Å². The fourth-order valence-electron chi connectivity index (χ4n) is 2.07. The molecule has 0 aromatic heterocycles. The maximum absolute atomic E-state index is 12.3. The van der Waals surface area contributed by atoms with E-state index < -0.39 is 48.3 Å². The zero-order chi connectivity index (χ0) is 20.1. The molecule has 0 saturated carbocycles. The summed E-state index contributed by atoms with van der Waals surface area (Å²) >= 11 is 1.41. The van der Waals surface area contributed by atoms with Gasteiger partial charge in [-0.15, -0.1) is 0 Å². The van der Waals surface area contributed by atoms with E-state index in [4.69, 9.17) is 21.7 Å². The molecule has 8 N–H and O–H groups in total. The van der Waals surface area contributed by atoms with Crippen molar-refractivity contribution in [1.82, 2.24) is 10.6 Å². The Morgan fingerprint density at radius 3 is 2.12 bits per heavy atom. The van der Waals surface area contributed by atoms with Gasteiger partial charge in [-0.05, 0) is 37.8 Å². The predicted octanol–water partition coefficient (Wildman–Crippen LogP) is -1.28. The zero-order valence-electron chi connectivity index (χ0n) is 14.8. The van der Waals surface area contributed by atoms with Crippen LogP contribution in [0.1, 0.15) is 32.1 Å². The number of hydrogen-bond donors (Lipinski definition) is 6. The monoisotopic (exact) mass is 392 g/mol. The normalized spacial score (nSPS) is 14.1. The second kappa shape index (κ2) is 13.4. The van der Waals surface area contributed by atoms with Gasteiger partial charge in [-0.25, -0.2) is 4.79 Å². The second-order valence-electron chi connectivity index (χ2n) is 5.73. The van der Waals surface area contributed by atoms with Crippen molar-refractivity contribution in [2.24, 2.45) is 11.5 Å². The Kier molecular flexibility index (Phi) is 12.4. The number of hydrogen-bond acceptors (Lipinski definition) is 7. The van der Waals surface area contributed by atoms with Crippen LogP contribution < -0.4 is 22.1 Å². The van der Waals surface area contributed by atoms with Crippen LogP contribution in [0.5, 0.6) is 0 Å². The fraction of sp³-hybridized carbons (Fsp3) is 0.733. The molecule has 3 atom stereocenters. The first kappa shape index (κ1) is 24.1. The van der Waals surface area contributed by atoms with Crippen molar-refractivity contribution in [3.63, 3.8) is 0 Å². The third-order valence-corrected chi connectivity index (χ3v) is 4.19. The van der Waals surface area contributed by atoms with Crippen LogP contribution in [0.2, 0.25) is 0 Å². The highest BCUT2D eigenvalue weighted by molar-refractivity contribution is 7.98. The standard InChI is InChI=1S/C15H28N4O6S/c1-26-7-5-10(15(24)25)18-14(23)11(8-12(20)21)19-13(22)9(17)4-2-3-6-16/h9-11H,2-8,16-17H2,1H3,(H,18,23)(H,19,22)(H,20,21)(H,24,25).